The highest BCUT2D eigenvalue weighted by atomic mass is 16.6. The largest absolute Gasteiger partial charge is 0.380 e. The molecule has 1 heterocycles. The molecule has 1 aromatic rings. The summed E-state index contributed by atoms with van der Waals surface area (Å²) in [6, 6.07) is 4.58. The number of carbonyl (C=O) groups excluding carboxylic acids is 2. The van der Waals surface area contributed by atoms with Crippen LogP contribution in [0.3, 0.4) is 0 Å². The molecule has 1 atom stereocenters. The maximum Gasteiger partial charge on any atom is 0.292 e. The predicted octanol–water partition coefficient (Wildman–Crippen LogP) is 1.92. The molecule has 0 radical (unpaired) electrons. The number of anilines is 1. The number of imide groups is 1. The van der Waals surface area contributed by atoms with Crippen molar-refractivity contribution in [3.63, 3.8) is 0 Å². The fraction of sp³-hybridized carbons (Fsp3) is 0.429. The SMILES string of the molecule is CCNc1cc(CN2C(=O)CC(C)C2=O)ccc1[N+](=O)[O-]. The number of nitro groups is 1. The van der Waals surface area contributed by atoms with Crippen LogP contribution in [-0.2, 0) is 16.1 Å². The maximum absolute atomic E-state index is 11.9. The number of rotatable bonds is 5. The lowest BCUT2D eigenvalue weighted by Crippen LogP contribution is -2.29. The van der Waals surface area contributed by atoms with Crippen molar-refractivity contribution in [3.05, 3.63) is 33.9 Å². The minimum absolute atomic E-state index is 0.0203. The lowest BCUT2D eigenvalue weighted by atomic mass is 10.1. The zero-order valence-electron chi connectivity index (χ0n) is 12.0. The molecule has 0 aromatic heterocycles. The van der Waals surface area contributed by atoms with Gasteiger partial charge in [-0.25, -0.2) is 0 Å². The van der Waals surface area contributed by atoms with E-state index in [0.29, 0.717) is 17.8 Å². The van der Waals surface area contributed by atoms with Gasteiger partial charge in [0.2, 0.25) is 11.8 Å². The predicted molar refractivity (Wildman–Crippen MR) is 76.6 cm³/mol. The van der Waals surface area contributed by atoms with Crippen LogP contribution in [0.1, 0.15) is 25.8 Å². The molecule has 1 aliphatic heterocycles. The van der Waals surface area contributed by atoms with Crippen LogP contribution < -0.4 is 5.32 Å². The molecule has 7 heteroatoms. The molecule has 2 rings (SSSR count). The lowest BCUT2D eigenvalue weighted by Gasteiger charge is -2.15. The molecule has 1 unspecified atom stereocenters. The second-order valence-electron chi connectivity index (χ2n) is 5.06. The molecule has 0 bridgehead atoms. The summed E-state index contributed by atoms with van der Waals surface area (Å²) in [7, 11) is 0. The Morgan fingerprint density at radius 2 is 2.14 bits per heavy atom. The zero-order chi connectivity index (χ0) is 15.6. The smallest absolute Gasteiger partial charge is 0.292 e. The number of likely N-dealkylation sites (tertiary alicyclic amines) is 1. The summed E-state index contributed by atoms with van der Waals surface area (Å²) < 4.78 is 0. The highest BCUT2D eigenvalue weighted by Gasteiger charge is 2.35. The monoisotopic (exact) mass is 291 g/mol. The second-order valence-corrected chi connectivity index (χ2v) is 5.06. The Hall–Kier alpha value is -2.44. The van der Waals surface area contributed by atoms with Gasteiger partial charge in [-0.2, -0.15) is 0 Å². The fourth-order valence-corrected chi connectivity index (χ4v) is 2.37. The molecule has 1 saturated heterocycles. The minimum atomic E-state index is -0.462. The van der Waals surface area contributed by atoms with E-state index in [1.165, 1.54) is 11.0 Å². The van der Waals surface area contributed by atoms with Crippen LogP contribution in [0.5, 0.6) is 0 Å². The summed E-state index contributed by atoms with van der Waals surface area (Å²) in [6.07, 6.45) is 0.228. The molecule has 0 spiro atoms. The van der Waals surface area contributed by atoms with E-state index in [4.69, 9.17) is 0 Å². The van der Waals surface area contributed by atoms with Crippen molar-refractivity contribution in [1.82, 2.24) is 4.90 Å². The van der Waals surface area contributed by atoms with E-state index in [9.17, 15) is 19.7 Å². The summed E-state index contributed by atoms with van der Waals surface area (Å²) in [5, 5.41) is 13.9. The summed E-state index contributed by atoms with van der Waals surface area (Å²) in [5.74, 6) is -0.678. The van der Waals surface area contributed by atoms with Gasteiger partial charge in [0.15, 0.2) is 0 Å². The van der Waals surface area contributed by atoms with Gasteiger partial charge in [0, 0.05) is 24.9 Å². The van der Waals surface area contributed by atoms with Crippen LogP contribution in [0, 0.1) is 16.0 Å². The van der Waals surface area contributed by atoms with Gasteiger partial charge >= 0.3 is 0 Å². The first-order chi connectivity index (χ1) is 9.93. The van der Waals surface area contributed by atoms with E-state index in [-0.39, 0.29) is 36.4 Å². The number of hydrogen-bond acceptors (Lipinski definition) is 5. The fourth-order valence-electron chi connectivity index (χ4n) is 2.37. The van der Waals surface area contributed by atoms with Crippen molar-refractivity contribution in [2.75, 3.05) is 11.9 Å². The van der Waals surface area contributed by atoms with E-state index in [1.54, 1.807) is 19.1 Å². The normalized spacial score (nSPS) is 18.2. The standard InChI is InChI=1S/C14H17N3O4/c1-3-15-11-7-10(4-5-12(11)17(20)21)8-16-13(18)6-9(2)14(16)19/h4-5,7,9,15H,3,6,8H2,1-2H3. The topological polar surface area (TPSA) is 92.6 Å². The van der Waals surface area contributed by atoms with Crippen molar-refractivity contribution in [1.29, 1.82) is 0 Å². The molecule has 112 valence electrons. The van der Waals surface area contributed by atoms with Crippen molar-refractivity contribution >= 4 is 23.2 Å². The van der Waals surface area contributed by atoms with Gasteiger partial charge in [0.05, 0.1) is 11.5 Å². The quantitative estimate of drug-likeness (QED) is 0.508. The Bertz CT molecular complexity index is 600. The van der Waals surface area contributed by atoms with Gasteiger partial charge in [-0.3, -0.25) is 24.6 Å². The van der Waals surface area contributed by atoms with Crippen molar-refractivity contribution in [3.8, 4) is 0 Å². The van der Waals surface area contributed by atoms with Crippen LogP contribution in [-0.4, -0.2) is 28.2 Å². The summed E-state index contributed by atoms with van der Waals surface area (Å²) in [6.45, 7) is 4.26. The maximum atomic E-state index is 11.9. The number of carbonyl (C=O) groups is 2. The van der Waals surface area contributed by atoms with Gasteiger partial charge in [0.25, 0.3) is 5.69 Å². The number of benzene rings is 1. The van der Waals surface area contributed by atoms with Crippen LogP contribution in [0.4, 0.5) is 11.4 Å². The van der Waals surface area contributed by atoms with Crippen LogP contribution in [0.25, 0.3) is 0 Å². The summed E-state index contributed by atoms with van der Waals surface area (Å²) in [5.41, 5.74) is 1.06. The third-order valence-electron chi connectivity index (χ3n) is 3.44. The van der Waals surface area contributed by atoms with E-state index in [2.05, 4.69) is 5.32 Å². The van der Waals surface area contributed by atoms with Gasteiger partial charge in [-0.1, -0.05) is 13.0 Å². The molecular weight excluding hydrogens is 274 g/mol. The first-order valence-corrected chi connectivity index (χ1v) is 6.79. The zero-order valence-corrected chi connectivity index (χ0v) is 12.0. The van der Waals surface area contributed by atoms with Crippen molar-refractivity contribution in [2.45, 2.75) is 26.8 Å². The number of nitro benzene ring substituents is 1. The second kappa shape index (κ2) is 5.90. The summed E-state index contributed by atoms with van der Waals surface area (Å²) >= 11 is 0. The number of nitrogens with zero attached hydrogens (tertiary/aromatic N) is 2. The van der Waals surface area contributed by atoms with Gasteiger partial charge < -0.3 is 5.32 Å². The molecule has 1 aliphatic rings. The average molecular weight is 291 g/mol. The molecule has 1 aromatic carbocycles. The Balaban J connectivity index is 2.25. The van der Waals surface area contributed by atoms with Gasteiger partial charge in [-0.05, 0) is 18.6 Å². The third kappa shape index (κ3) is 3.01. The van der Waals surface area contributed by atoms with E-state index >= 15 is 0 Å². The number of amides is 2. The van der Waals surface area contributed by atoms with Gasteiger partial charge in [-0.15, -0.1) is 0 Å². The Labute approximate surface area is 122 Å². The van der Waals surface area contributed by atoms with Gasteiger partial charge in [0.1, 0.15) is 5.69 Å². The molecule has 1 fully saturated rings. The summed E-state index contributed by atoms with van der Waals surface area (Å²) in [4.78, 5) is 35.3. The van der Waals surface area contributed by atoms with Crippen LogP contribution in [0.2, 0.25) is 0 Å². The average Bonchev–Trinajstić information content (AvgIpc) is 2.66. The number of hydrogen-bond donors (Lipinski definition) is 1. The Kier molecular flexibility index (Phi) is 4.21. The lowest BCUT2D eigenvalue weighted by molar-refractivity contribution is -0.384. The highest BCUT2D eigenvalue weighted by Crippen LogP contribution is 2.27. The van der Waals surface area contributed by atoms with E-state index < -0.39 is 4.92 Å². The van der Waals surface area contributed by atoms with E-state index in [0.717, 1.165) is 0 Å². The molecule has 2 amide bonds. The Morgan fingerprint density at radius 1 is 1.43 bits per heavy atom. The van der Waals surface area contributed by atoms with Crippen molar-refractivity contribution < 1.29 is 14.5 Å². The van der Waals surface area contributed by atoms with Crippen molar-refractivity contribution in [2.24, 2.45) is 5.92 Å². The molecule has 0 aliphatic carbocycles. The molecular formula is C14H17N3O4. The highest BCUT2D eigenvalue weighted by molar-refractivity contribution is 6.03. The number of nitrogens with one attached hydrogen (secondary N) is 1. The first-order valence-electron chi connectivity index (χ1n) is 6.79. The molecule has 0 saturated carbocycles. The van der Waals surface area contributed by atoms with Crippen LogP contribution in [0.15, 0.2) is 18.2 Å². The van der Waals surface area contributed by atoms with E-state index in [1.807, 2.05) is 6.92 Å². The van der Waals surface area contributed by atoms with Crippen LogP contribution >= 0.6 is 0 Å². The first kappa shape index (κ1) is 15.0. The molecule has 21 heavy (non-hydrogen) atoms. The third-order valence-corrected chi connectivity index (χ3v) is 3.44. The Morgan fingerprint density at radius 3 is 2.67 bits per heavy atom. The molecule has 1 N–H and O–H groups in total. The minimum Gasteiger partial charge on any atom is -0.380 e. The molecule has 7 nitrogen and oxygen atoms in total.